The number of aromatic amines is 1. The summed E-state index contributed by atoms with van der Waals surface area (Å²) in [7, 11) is 3.36. The van der Waals surface area contributed by atoms with Crippen LogP contribution >= 0.6 is 11.6 Å². The molecule has 34 heavy (non-hydrogen) atoms. The minimum atomic E-state index is 0.170. The van der Waals surface area contributed by atoms with Gasteiger partial charge in [0.05, 0.1) is 19.7 Å². The van der Waals surface area contributed by atoms with Crippen molar-refractivity contribution in [2.24, 2.45) is 0 Å². The van der Waals surface area contributed by atoms with Crippen molar-refractivity contribution < 1.29 is 9.47 Å². The molecule has 5 nitrogen and oxygen atoms in total. The highest BCUT2D eigenvalue weighted by molar-refractivity contribution is 6.20. The van der Waals surface area contributed by atoms with Gasteiger partial charge in [-0.1, -0.05) is 13.0 Å². The zero-order valence-electron chi connectivity index (χ0n) is 20.6. The van der Waals surface area contributed by atoms with Crippen LogP contribution in [-0.4, -0.2) is 54.4 Å². The van der Waals surface area contributed by atoms with Crippen molar-refractivity contribution >= 4 is 22.5 Å². The number of piperidine rings is 2. The third-order valence-electron chi connectivity index (χ3n) is 7.66. The molecular weight excluding hydrogens is 446 g/mol. The number of benzene rings is 2. The van der Waals surface area contributed by atoms with E-state index in [2.05, 4.69) is 52.3 Å². The molecule has 1 atom stereocenters. The Kier molecular flexibility index (Phi) is 7.05. The van der Waals surface area contributed by atoms with Gasteiger partial charge in [-0.3, -0.25) is 0 Å². The first-order valence-electron chi connectivity index (χ1n) is 12.6. The molecule has 2 aliphatic rings. The maximum Gasteiger partial charge on any atom is 0.161 e. The van der Waals surface area contributed by atoms with Gasteiger partial charge in [0, 0.05) is 41.8 Å². The fourth-order valence-electron chi connectivity index (χ4n) is 5.77. The fourth-order valence-corrected chi connectivity index (χ4v) is 6.15. The Bertz CT molecular complexity index is 1140. The van der Waals surface area contributed by atoms with Crippen LogP contribution in [0.15, 0.2) is 36.4 Å². The number of aryl methyl sites for hydroxylation is 1. The molecule has 2 aliphatic heterocycles. The summed E-state index contributed by atoms with van der Waals surface area (Å²) >= 11 is 6.62. The lowest BCUT2D eigenvalue weighted by Crippen LogP contribution is -2.51. The highest BCUT2D eigenvalue weighted by atomic mass is 35.5. The van der Waals surface area contributed by atoms with Gasteiger partial charge in [-0.05, 0) is 85.9 Å². The van der Waals surface area contributed by atoms with Crippen LogP contribution in [-0.2, 0) is 6.42 Å². The summed E-state index contributed by atoms with van der Waals surface area (Å²) in [6.45, 7) is 5.53. The van der Waals surface area contributed by atoms with Crippen molar-refractivity contribution in [3.63, 3.8) is 0 Å². The van der Waals surface area contributed by atoms with Gasteiger partial charge in [-0.2, -0.15) is 0 Å². The second-order valence-corrected chi connectivity index (χ2v) is 10.0. The van der Waals surface area contributed by atoms with E-state index >= 15 is 0 Å². The first kappa shape index (κ1) is 23.5. The maximum atomic E-state index is 6.62. The van der Waals surface area contributed by atoms with E-state index in [9.17, 15) is 0 Å². The monoisotopic (exact) mass is 481 g/mol. The van der Waals surface area contributed by atoms with Crippen molar-refractivity contribution in [1.82, 2.24) is 15.0 Å². The third kappa shape index (κ3) is 4.41. The van der Waals surface area contributed by atoms with E-state index in [0.717, 1.165) is 49.5 Å². The van der Waals surface area contributed by atoms with Crippen molar-refractivity contribution in [2.75, 3.05) is 33.9 Å². The molecule has 5 rings (SSSR count). The first-order chi connectivity index (χ1) is 16.6. The van der Waals surface area contributed by atoms with Crippen molar-refractivity contribution in [3.05, 3.63) is 47.5 Å². The molecule has 182 valence electrons. The molecular formula is C28H36ClN3O2. The van der Waals surface area contributed by atoms with Crippen LogP contribution in [0.5, 0.6) is 11.5 Å². The molecule has 2 saturated heterocycles. The molecule has 0 aliphatic carbocycles. The van der Waals surface area contributed by atoms with E-state index in [0.29, 0.717) is 5.92 Å². The topological polar surface area (TPSA) is 40.7 Å². The van der Waals surface area contributed by atoms with Crippen LogP contribution in [0, 0.1) is 0 Å². The Morgan fingerprint density at radius 2 is 1.74 bits per heavy atom. The predicted octanol–water partition coefficient (Wildman–Crippen LogP) is 6.56. The summed E-state index contributed by atoms with van der Waals surface area (Å²) in [5, 5.41) is 6.26. The second kappa shape index (κ2) is 10.2. The number of hydrogen-bond donors (Lipinski definition) is 1. The van der Waals surface area contributed by atoms with Gasteiger partial charge in [0.15, 0.2) is 11.5 Å². The van der Waals surface area contributed by atoms with Crippen molar-refractivity contribution in [1.29, 1.82) is 0 Å². The van der Waals surface area contributed by atoms with E-state index in [-0.39, 0.29) is 5.50 Å². The van der Waals surface area contributed by atoms with Gasteiger partial charge < -0.3 is 14.5 Å². The lowest BCUT2D eigenvalue weighted by molar-refractivity contribution is -0.0681. The number of H-pyrrole nitrogens is 1. The number of hydrazine groups is 1. The first-order valence-corrected chi connectivity index (χ1v) is 13.1. The van der Waals surface area contributed by atoms with Gasteiger partial charge in [-0.15, -0.1) is 11.6 Å². The highest BCUT2D eigenvalue weighted by Gasteiger charge is 2.30. The van der Waals surface area contributed by atoms with Gasteiger partial charge in [0.25, 0.3) is 0 Å². The number of rotatable bonds is 6. The van der Waals surface area contributed by atoms with Gasteiger partial charge >= 0.3 is 0 Å². The minimum Gasteiger partial charge on any atom is -0.493 e. The standard InChI is InChI=1S/C28H36ClN3O2/c1-4-22-23-17-20(19-12-15-31(16-13-19)32-14-6-5-7-27(32)29)8-10-24(23)30-28(22)21-9-11-25(33-2)26(18-21)34-3/h8-11,17-19,27,30H,4-7,12-16H2,1-3H3. The molecule has 1 N–H and O–H groups in total. The molecule has 1 unspecified atom stereocenters. The number of nitrogens with zero attached hydrogens (tertiary/aromatic N) is 2. The molecule has 0 radical (unpaired) electrons. The molecule has 0 amide bonds. The number of aromatic nitrogens is 1. The lowest BCUT2D eigenvalue weighted by atomic mass is 9.88. The SMILES string of the molecule is CCc1c(-c2ccc(OC)c(OC)c2)[nH]c2ccc(C3CCN(N4CCCCC4Cl)CC3)cc12. The van der Waals surface area contributed by atoms with Crippen LogP contribution in [0.25, 0.3) is 22.2 Å². The van der Waals surface area contributed by atoms with Crippen molar-refractivity contribution in [2.45, 2.75) is 56.9 Å². The highest BCUT2D eigenvalue weighted by Crippen LogP contribution is 2.38. The van der Waals surface area contributed by atoms with Gasteiger partial charge in [0.1, 0.15) is 0 Å². The molecule has 1 aromatic heterocycles. The minimum absolute atomic E-state index is 0.170. The largest absolute Gasteiger partial charge is 0.493 e. The molecule has 6 heteroatoms. The smallest absolute Gasteiger partial charge is 0.161 e. The Morgan fingerprint density at radius 1 is 0.941 bits per heavy atom. The summed E-state index contributed by atoms with van der Waals surface area (Å²) in [5.74, 6) is 2.10. The zero-order valence-corrected chi connectivity index (χ0v) is 21.3. The van der Waals surface area contributed by atoms with Crippen LogP contribution < -0.4 is 9.47 Å². The van der Waals surface area contributed by atoms with Crippen LogP contribution in [0.3, 0.4) is 0 Å². The normalized spacial score (nSPS) is 20.6. The molecule has 0 spiro atoms. The summed E-state index contributed by atoms with van der Waals surface area (Å²) in [4.78, 5) is 3.68. The molecule has 3 heterocycles. The van der Waals surface area contributed by atoms with E-state index < -0.39 is 0 Å². The lowest BCUT2D eigenvalue weighted by Gasteiger charge is -2.44. The summed E-state index contributed by atoms with van der Waals surface area (Å²) in [6, 6.07) is 13.2. The summed E-state index contributed by atoms with van der Waals surface area (Å²) in [5.41, 5.74) is 6.48. The second-order valence-electron chi connectivity index (χ2n) is 9.53. The molecule has 0 bridgehead atoms. The van der Waals surface area contributed by atoms with Crippen LogP contribution in [0.1, 0.15) is 56.1 Å². The number of hydrogen-bond acceptors (Lipinski definition) is 4. The van der Waals surface area contributed by atoms with E-state index in [1.165, 1.54) is 53.4 Å². The number of fused-ring (bicyclic) bond motifs is 1. The number of methoxy groups -OCH3 is 2. The molecule has 2 aromatic carbocycles. The van der Waals surface area contributed by atoms with Crippen LogP contribution in [0.4, 0.5) is 0 Å². The summed E-state index contributed by atoms with van der Waals surface area (Å²) < 4.78 is 11.0. The predicted molar refractivity (Wildman–Crippen MR) is 140 cm³/mol. The van der Waals surface area contributed by atoms with Crippen LogP contribution in [0.2, 0.25) is 0 Å². The van der Waals surface area contributed by atoms with E-state index in [1.54, 1.807) is 14.2 Å². The average Bonchev–Trinajstić information content (AvgIpc) is 3.26. The average molecular weight is 482 g/mol. The zero-order chi connectivity index (χ0) is 23.7. The van der Waals surface area contributed by atoms with E-state index in [4.69, 9.17) is 21.1 Å². The quantitative estimate of drug-likeness (QED) is 0.319. The summed E-state index contributed by atoms with van der Waals surface area (Å²) in [6.07, 6.45) is 6.95. The van der Waals surface area contributed by atoms with Gasteiger partial charge in [0.2, 0.25) is 0 Å². The molecule has 3 aromatic rings. The fraction of sp³-hybridized carbons (Fsp3) is 0.500. The third-order valence-corrected chi connectivity index (χ3v) is 8.11. The molecule has 0 saturated carbocycles. The van der Waals surface area contributed by atoms with E-state index in [1.807, 2.05) is 6.07 Å². The number of halogens is 1. The number of nitrogens with one attached hydrogen (secondary N) is 1. The Hall–Kier alpha value is -2.21. The van der Waals surface area contributed by atoms with Crippen molar-refractivity contribution in [3.8, 4) is 22.8 Å². The Labute approximate surface area is 207 Å². The number of alkyl halides is 1. The Balaban J connectivity index is 1.39. The Morgan fingerprint density at radius 3 is 2.44 bits per heavy atom. The maximum absolute atomic E-state index is 6.62. The molecule has 2 fully saturated rings. The number of ether oxygens (including phenoxy) is 2. The van der Waals surface area contributed by atoms with Gasteiger partial charge in [-0.25, -0.2) is 10.0 Å².